The zero-order chi connectivity index (χ0) is 15.1. The maximum atomic E-state index is 13.3. The van der Waals surface area contributed by atoms with Gasteiger partial charge in [-0.1, -0.05) is 17.4 Å². The summed E-state index contributed by atoms with van der Waals surface area (Å²) >= 11 is 4.57. The molecule has 0 aliphatic carbocycles. The lowest BCUT2D eigenvalue weighted by molar-refractivity contribution is 0.621. The van der Waals surface area contributed by atoms with Gasteiger partial charge in [-0.3, -0.25) is 4.98 Å². The number of halogens is 2. The SMILES string of the molecule is Fc1ccc(-c2nn3c(-c4ccccn4)nnc3s2)cc1Br. The summed E-state index contributed by atoms with van der Waals surface area (Å²) in [5.74, 6) is 0.278. The van der Waals surface area contributed by atoms with E-state index in [4.69, 9.17) is 0 Å². The highest BCUT2D eigenvalue weighted by Crippen LogP contribution is 2.30. The van der Waals surface area contributed by atoms with Crippen molar-refractivity contribution in [1.29, 1.82) is 0 Å². The number of fused-ring (bicyclic) bond motifs is 1. The van der Waals surface area contributed by atoms with Gasteiger partial charge in [0.2, 0.25) is 10.8 Å². The van der Waals surface area contributed by atoms with Gasteiger partial charge in [-0.15, -0.1) is 10.2 Å². The van der Waals surface area contributed by atoms with E-state index in [9.17, 15) is 4.39 Å². The standard InChI is InChI=1S/C14H7BrFN5S/c15-9-7-8(4-5-10(9)16)13-20-21-12(18-19-14(21)22-13)11-3-1-2-6-17-11/h1-7H. The number of hydrogen-bond donors (Lipinski definition) is 0. The molecule has 0 radical (unpaired) electrons. The Bertz CT molecular complexity index is 966. The van der Waals surface area contributed by atoms with Crippen molar-refractivity contribution in [3.05, 3.63) is 52.9 Å². The van der Waals surface area contributed by atoms with Gasteiger partial charge in [0.15, 0.2) is 0 Å². The smallest absolute Gasteiger partial charge is 0.235 e. The third-order valence-corrected chi connectivity index (χ3v) is 4.61. The fourth-order valence-electron chi connectivity index (χ4n) is 2.02. The molecular formula is C14H7BrFN5S. The van der Waals surface area contributed by atoms with Crippen LogP contribution in [-0.2, 0) is 0 Å². The van der Waals surface area contributed by atoms with Gasteiger partial charge in [-0.2, -0.15) is 9.61 Å². The third-order valence-electron chi connectivity index (χ3n) is 3.05. The number of benzene rings is 1. The summed E-state index contributed by atoms with van der Waals surface area (Å²) in [6, 6.07) is 10.4. The summed E-state index contributed by atoms with van der Waals surface area (Å²) in [5, 5.41) is 13.5. The van der Waals surface area contributed by atoms with E-state index in [1.807, 2.05) is 18.2 Å². The molecule has 0 saturated heterocycles. The Labute approximate surface area is 136 Å². The van der Waals surface area contributed by atoms with Crippen LogP contribution in [-0.4, -0.2) is 24.8 Å². The summed E-state index contributed by atoms with van der Waals surface area (Å²) in [5.41, 5.74) is 1.52. The predicted molar refractivity (Wildman–Crippen MR) is 85.0 cm³/mol. The number of nitrogens with zero attached hydrogens (tertiary/aromatic N) is 5. The lowest BCUT2D eigenvalue weighted by Crippen LogP contribution is -1.92. The van der Waals surface area contributed by atoms with Gasteiger partial charge in [0.25, 0.3) is 0 Å². The van der Waals surface area contributed by atoms with Crippen LogP contribution in [0.5, 0.6) is 0 Å². The summed E-state index contributed by atoms with van der Waals surface area (Å²) < 4.78 is 15.4. The van der Waals surface area contributed by atoms with Gasteiger partial charge >= 0.3 is 0 Å². The Hall–Kier alpha value is -2.19. The predicted octanol–water partition coefficient (Wildman–Crippen LogP) is 3.82. The van der Waals surface area contributed by atoms with E-state index in [0.29, 0.717) is 21.0 Å². The molecule has 4 rings (SSSR count). The Morgan fingerprint density at radius 1 is 1.14 bits per heavy atom. The average Bonchev–Trinajstić information content (AvgIpc) is 3.11. The first-order valence-electron chi connectivity index (χ1n) is 6.31. The van der Waals surface area contributed by atoms with Crippen LogP contribution in [0.15, 0.2) is 47.1 Å². The first kappa shape index (κ1) is 13.5. The second-order valence-electron chi connectivity index (χ2n) is 4.47. The molecule has 0 fully saturated rings. The highest BCUT2D eigenvalue weighted by molar-refractivity contribution is 9.10. The van der Waals surface area contributed by atoms with Crippen LogP contribution in [0.25, 0.3) is 27.1 Å². The minimum absolute atomic E-state index is 0.305. The number of rotatable bonds is 2. The van der Waals surface area contributed by atoms with Crippen molar-refractivity contribution < 1.29 is 4.39 Å². The Morgan fingerprint density at radius 2 is 2.05 bits per heavy atom. The van der Waals surface area contributed by atoms with E-state index in [-0.39, 0.29) is 5.82 Å². The van der Waals surface area contributed by atoms with Gasteiger partial charge in [0.05, 0.1) is 4.47 Å². The summed E-state index contributed by atoms with van der Waals surface area (Å²) in [6.45, 7) is 0. The Kier molecular flexibility index (Phi) is 3.20. The first-order chi connectivity index (χ1) is 10.7. The summed E-state index contributed by atoms with van der Waals surface area (Å²) in [6.07, 6.45) is 1.70. The molecule has 3 aromatic heterocycles. The molecule has 0 aliphatic rings. The zero-order valence-corrected chi connectivity index (χ0v) is 13.3. The van der Waals surface area contributed by atoms with Gasteiger partial charge in [0, 0.05) is 11.8 Å². The monoisotopic (exact) mass is 375 g/mol. The van der Waals surface area contributed by atoms with Gasteiger partial charge in [0.1, 0.15) is 16.5 Å². The fraction of sp³-hybridized carbons (Fsp3) is 0. The molecule has 4 aromatic rings. The van der Waals surface area contributed by atoms with Crippen LogP contribution in [0.1, 0.15) is 0 Å². The second kappa shape index (κ2) is 5.22. The van der Waals surface area contributed by atoms with E-state index in [1.54, 1.807) is 22.8 Å². The summed E-state index contributed by atoms with van der Waals surface area (Å²) in [7, 11) is 0. The molecule has 22 heavy (non-hydrogen) atoms. The largest absolute Gasteiger partial charge is 0.253 e. The summed E-state index contributed by atoms with van der Waals surface area (Å²) in [4.78, 5) is 4.93. The number of aromatic nitrogens is 5. The van der Waals surface area contributed by atoms with Gasteiger partial charge in [-0.05, 0) is 46.3 Å². The number of hydrogen-bond acceptors (Lipinski definition) is 5. The highest BCUT2D eigenvalue weighted by Gasteiger charge is 2.15. The van der Waals surface area contributed by atoms with E-state index >= 15 is 0 Å². The molecule has 0 amide bonds. The molecule has 0 atom stereocenters. The van der Waals surface area contributed by atoms with Crippen LogP contribution in [0.3, 0.4) is 0 Å². The van der Waals surface area contributed by atoms with Crippen molar-refractivity contribution in [1.82, 2.24) is 24.8 Å². The van der Waals surface area contributed by atoms with Gasteiger partial charge in [-0.25, -0.2) is 4.39 Å². The second-order valence-corrected chi connectivity index (χ2v) is 6.28. The average molecular weight is 376 g/mol. The first-order valence-corrected chi connectivity index (χ1v) is 7.92. The van der Waals surface area contributed by atoms with Crippen molar-refractivity contribution in [3.8, 4) is 22.1 Å². The molecule has 0 N–H and O–H groups in total. The molecule has 108 valence electrons. The van der Waals surface area contributed by atoms with Crippen LogP contribution in [0.2, 0.25) is 0 Å². The molecule has 0 spiro atoms. The third kappa shape index (κ3) is 2.20. The van der Waals surface area contributed by atoms with Crippen LogP contribution in [0.4, 0.5) is 4.39 Å². The van der Waals surface area contributed by atoms with Crippen molar-refractivity contribution in [2.45, 2.75) is 0 Å². The van der Waals surface area contributed by atoms with Crippen LogP contribution >= 0.6 is 27.3 Å². The van der Waals surface area contributed by atoms with E-state index in [2.05, 4.69) is 36.2 Å². The topological polar surface area (TPSA) is 56.0 Å². The molecule has 3 heterocycles. The molecule has 0 unspecified atom stereocenters. The van der Waals surface area contributed by atoms with Gasteiger partial charge < -0.3 is 0 Å². The van der Waals surface area contributed by atoms with Crippen molar-refractivity contribution in [2.24, 2.45) is 0 Å². The lowest BCUT2D eigenvalue weighted by atomic mass is 10.2. The van der Waals surface area contributed by atoms with Crippen LogP contribution in [0, 0.1) is 5.82 Å². The molecule has 5 nitrogen and oxygen atoms in total. The maximum absolute atomic E-state index is 13.3. The lowest BCUT2D eigenvalue weighted by Gasteiger charge is -1.98. The van der Waals surface area contributed by atoms with Crippen LogP contribution < -0.4 is 0 Å². The molecular weight excluding hydrogens is 369 g/mol. The van der Waals surface area contributed by atoms with E-state index in [1.165, 1.54) is 17.4 Å². The van der Waals surface area contributed by atoms with Crippen molar-refractivity contribution >= 4 is 32.2 Å². The quantitative estimate of drug-likeness (QED) is 0.534. The Balaban J connectivity index is 1.85. The fourth-order valence-corrected chi connectivity index (χ4v) is 3.23. The minimum atomic E-state index is -0.305. The van der Waals surface area contributed by atoms with Crippen molar-refractivity contribution in [2.75, 3.05) is 0 Å². The highest BCUT2D eigenvalue weighted by atomic mass is 79.9. The molecule has 0 bridgehead atoms. The zero-order valence-electron chi connectivity index (χ0n) is 10.9. The van der Waals surface area contributed by atoms with Crippen molar-refractivity contribution in [3.63, 3.8) is 0 Å². The molecule has 1 aromatic carbocycles. The molecule has 0 aliphatic heterocycles. The maximum Gasteiger partial charge on any atom is 0.235 e. The Morgan fingerprint density at radius 3 is 2.82 bits per heavy atom. The van der Waals surface area contributed by atoms with E-state index < -0.39 is 0 Å². The normalized spacial score (nSPS) is 11.2. The minimum Gasteiger partial charge on any atom is -0.253 e. The molecule has 8 heteroatoms. The molecule has 0 saturated carbocycles. The van der Waals surface area contributed by atoms with E-state index in [0.717, 1.165) is 10.6 Å². The number of pyridine rings is 1.